The summed E-state index contributed by atoms with van der Waals surface area (Å²) in [6.07, 6.45) is 0. The van der Waals surface area contributed by atoms with Crippen molar-refractivity contribution in [1.82, 2.24) is 0 Å². The fourth-order valence-electron chi connectivity index (χ4n) is 2.08. The summed E-state index contributed by atoms with van der Waals surface area (Å²) in [5.41, 5.74) is 1.52. The van der Waals surface area contributed by atoms with Gasteiger partial charge in [-0.05, 0) is 44.2 Å². The van der Waals surface area contributed by atoms with E-state index in [4.69, 9.17) is 16.3 Å². The van der Waals surface area contributed by atoms with Crippen LogP contribution in [0.15, 0.2) is 47.4 Å². The number of hydrogen-bond donors (Lipinski definition) is 0. The van der Waals surface area contributed by atoms with Gasteiger partial charge in [0.25, 0.3) is 10.0 Å². The first-order chi connectivity index (χ1) is 11.3. The van der Waals surface area contributed by atoms with Crippen LogP contribution in [-0.4, -0.2) is 28.0 Å². The highest BCUT2D eigenvalue weighted by atomic mass is 35.5. The zero-order chi connectivity index (χ0) is 17.9. The van der Waals surface area contributed by atoms with Gasteiger partial charge in [0.1, 0.15) is 0 Å². The van der Waals surface area contributed by atoms with Gasteiger partial charge in [-0.3, -0.25) is 4.31 Å². The number of nitrogens with zero attached hydrogens (tertiary/aromatic N) is 1. The lowest BCUT2D eigenvalue weighted by atomic mass is 10.2. The molecular weight excluding hydrogens is 350 g/mol. The molecule has 0 bridgehead atoms. The molecule has 2 aromatic carbocycles. The predicted molar refractivity (Wildman–Crippen MR) is 94.2 cm³/mol. The van der Waals surface area contributed by atoms with Crippen LogP contribution >= 0.6 is 11.6 Å². The molecule has 0 radical (unpaired) electrons. The van der Waals surface area contributed by atoms with E-state index in [1.165, 1.54) is 25.2 Å². The lowest BCUT2D eigenvalue weighted by Crippen LogP contribution is -2.26. The van der Waals surface area contributed by atoms with Crippen LogP contribution in [0.4, 0.5) is 5.69 Å². The summed E-state index contributed by atoms with van der Waals surface area (Å²) in [7, 11) is -2.27. The summed E-state index contributed by atoms with van der Waals surface area (Å²) in [6.45, 7) is 3.81. The van der Waals surface area contributed by atoms with Gasteiger partial charge in [-0.15, -0.1) is 0 Å². The van der Waals surface area contributed by atoms with Gasteiger partial charge in [0.2, 0.25) is 0 Å². The summed E-state index contributed by atoms with van der Waals surface area (Å²) in [4.78, 5) is 11.9. The Bertz CT molecular complexity index is 847. The molecule has 0 amide bonds. The van der Waals surface area contributed by atoms with E-state index in [9.17, 15) is 13.2 Å². The summed E-state index contributed by atoms with van der Waals surface area (Å²) in [5.74, 6) is -0.543. The van der Waals surface area contributed by atoms with Crippen molar-refractivity contribution in [3.8, 4) is 0 Å². The number of aryl methyl sites for hydroxylation is 1. The molecule has 0 unspecified atom stereocenters. The molecule has 0 atom stereocenters. The first-order valence-electron chi connectivity index (χ1n) is 7.29. The third kappa shape index (κ3) is 3.71. The average molecular weight is 368 g/mol. The Morgan fingerprint density at radius 1 is 1.17 bits per heavy atom. The molecule has 0 fully saturated rings. The highest BCUT2D eigenvalue weighted by molar-refractivity contribution is 7.92. The summed E-state index contributed by atoms with van der Waals surface area (Å²) >= 11 is 6.10. The maximum Gasteiger partial charge on any atom is 0.339 e. The lowest BCUT2D eigenvalue weighted by molar-refractivity contribution is 0.0526. The highest BCUT2D eigenvalue weighted by Gasteiger charge is 2.22. The topological polar surface area (TPSA) is 63.7 Å². The molecule has 0 heterocycles. The first-order valence-corrected chi connectivity index (χ1v) is 9.11. The normalized spacial score (nSPS) is 11.2. The second-order valence-electron chi connectivity index (χ2n) is 5.17. The molecular formula is C17H18ClNO4S. The number of halogens is 1. The second-order valence-corrected chi connectivity index (χ2v) is 7.55. The molecule has 0 saturated heterocycles. The number of esters is 1. The minimum Gasteiger partial charge on any atom is -0.462 e. The summed E-state index contributed by atoms with van der Waals surface area (Å²) < 4.78 is 31.4. The van der Waals surface area contributed by atoms with E-state index in [1.807, 2.05) is 6.92 Å². The molecule has 0 spiro atoms. The van der Waals surface area contributed by atoms with Crippen LogP contribution in [0.1, 0.15) is 22.8 Å². The SMILES string of the molecule is CCOC(=O)c1ccc(N(C)S(=O)(=O)c2ccc(C)cc2)cc1Cl. The minimum atomic E-state index is -3.71. The first kappa shape index (κ1) is 18.3. The zero-order valence-corrected chi connectivity index (χ0v) is 15.2. The van der Waals surface area contributed by atoms with Crippen LogP contribution in [0.3, 0.4) is 0 Å². The number of rotatable bonds is 5. The number of sulfonamides is 1. The largest absolute Gasteiger partial charge is 0.462 e. The van der Waals surface area contributed by atoms with Crippen molar-refractivity contribution in [3.05, 3.63) is 58.6 Å². The highest BCUT2D eigenvalue weighted by Crippen LogP contribution is 2.27. The minimum absolute atomic E-state index is 0.136. The molecule has 0 aromatic heterocycles. The molecule has 0 saturated carbocycles. The lowest BCUT2D eigenvalue weighted by Gasteiger charge is -2.20. The molecule has 0 N–H and O–H groups in total. The second kappa shape index (κ2) is 7.23. The van der Waals surface area contributed by atoms with E-state index in [1.54, 1.807) is 31.2 Å². The number of ether oxygens (including phenoxy) is 1. The Labute approximate surface area is 146 Å². The van der Waals surface area contributed by atoms with Gasteiger partial charge in [0, 0.05) is 7.05 Å². The van der Waals surface area contributed by atoms with E-state index in [0.717, 1.165) is 9.87 Å². The molecule has 128 valence electrons. The van der Waals surface area contributed by atoms with Gasteiger partial charge >= 0.3 is 5.97 Å². The third-order valence-electron chi connectivity index (χ3n) is 3.49. The van der Waals surface area contributed by atoms with Gasteiger partial charge in [-0.1, -0.05) is 29.3 Å². The van der Waals surface area contributed by atoms with E-state index in [-0.39, 0.29) is 22.1 Å². The van der Waals surface area contributed by atoms with Crippen LogP contribution in [0.5, 0.6) is 0 Å². The van der Waals surface area contributed by atoms with Gasteiger partial charge < -0.3 is 4.74 Å². The maximum atomic E-state index is 12.7. The third-order valence-corrected chi connectivity index (χ3v) is 5.60. The van der Waals surface area contributed by atoms with Crippen molar-refractivity contribution in [2.75, 3.05) is 18.0 Å². The maximum absolute atomic E-state index is 12.7. The molecule has 0 aliphatic heterocycles. The van der Waals surface area contributed by atoms with Crippen LogP contribution in [0.25, 0.3) is 0 Å². The summed E-state index contributed by atoms with van der Waals surface area (Å²) in [5, 5.41) is 0.136. The van der Waals surface area contributed by atoms with Crippen molar-refractivity contribution in [1.29, 1.82) is 0 Å². The predicted octanol–water partition coefficient (Wildman–Crippen LogP) is 3.65. The molecule has 2 rings (SSSR count). The van der Waals surface area contributed by atoms with Crippen molar-refractivity contribution >= 4 is 33.3 Å². The molecule has 0 aliphatic carbocycles. The Morgan fingerprint density at radius 2 is 1.79 bits per heavy atom. The van der Waals surface area contributed by atoms with Crippen LogP contribution < -0.4 is 4.31 Å². The molecule has 0 aliphatic rings. The van der Waals surface area contributed by atoms with Gasteiger partial charge in [0.15, 0.2) is 0 Å². The number of carbonyl (C=O) groups excluding carboxylic acids is 1. The fraction of sp³-hybridized carbons (Fsp3) is 0.235. The standard InChI is InChI=1S/C17H18ClNO4S/c1-4-23-17(20)15-10-7-13(11-16(15)18)19(3)24(21,22)14-8-5-12(2)6-9-14/h5-11H,4H2,1-3H3. The Morgan fingerprint density at radius 3 is 2.33 bits per heavy atom. The molecule has 7 heteroatoms. The Balaban J connectivity index is 2.35. The molecule has 24 heavy (non-hydrogen) atoms. The van der Waals surface area contributed by atoms with Crippen molar-refractivity contribution < 1.29 is 17.9 Å². The Hall–Kier alpha value is -2.05. The van der Waals surface area contributed by atoms with Gasteiger partial charge in [0.05, 0.1) is 27.8 Å². The average Bonchev–Trinajstić information content (AvgIpc) is 2.54. The van der Waals surface area contributed by atoms with Crippen LogP contribution in [0, 0.1) is 6.92 Å². The van der Waals surface area contributed by atoms with E-state index < -0.39 is 16.0 Å². The number of hydrogen-bond acceptors (Lipinski definition) is 4. The van der Waals surface area contributed by atoms with Crippen molar-refractivity contribution in [2.45, 2.75) is 18.7 Å². The van der Waals surface area contributed by atoms with Crippen LogP contribution in [0.2, 0.25) is 5.02 Å². The van der Waals surface area contributed by atoms with Gasteiger partial charge in [-0.25, -0.2) is 13.2 Å². The smallest absolute Gasteiger partial charge is 0.339 e. The number of anilines is 1. The van der Waals surface area contributed by atoms with Crippen LogP contribution in [-0.2, 0) is 14.8 Å². The zero-order valence-electron chi connectivity index (χ0n) is 13.6. The van der Waals surface area contributed by atoms with E-state index in [2.05, 4.69) is 0 Å². The quantitative estimate of drug-likeness (QED) is 0.757. The Kier molecular flexibility index (Phi) is 5.51. The van der Waals surface area contributed by atoms with E-state index in [0.29, 0.717) is 5.69 Å². The molecule has 2 aromatic rings. The van der Waals surface area contributed by atoms with Crippen molar-refractivity contribution in [2.24, 2.45) is 0 Å². The fourth-order valence-corrected chi connectivity index (χ4v) is 3.52. The number of benzene rings is 2. The number of carbonyl (C=O) groups is 1. The summed E-state index contributed by atoms with van der Waals surface area (Å²) in [6, 6.07) is 11.0. The monoisotopic (exact) mass is 367 g/mol. The van der Waals surface area contributed by atoms with E-state index >= 15 is 0 Å². The van der Waals surface area contributed by atoms with Gasteiger partial charge in [-0.2, -0.15) is 0 Å². The molecule has 5 nitrogen and oxygen atoms in total. The van der Waals surface area contributed by atoms with Crippen molar-refractivity contribution in [3.63, 3.8) is 0 Å².